The molecule has 14 heteroatoms. The number of aliphatic carboxylic acids is 1. The van der Waals surface area contributed by atoms with Gasteiger partial charge in [-0.25, -0.2) is 14.8 Å². The molecule has 266 valence electrons. The van der Waals surface area contributed by atoms with Crippen LogP contribution in [0.5, 0.6) is 11.5 Å². The number of ether oxygens (including phenoxy) is 2. The second kappa shape index (κ2) is 16.9. The Hall–Kier alpha value is -6.25. The number of para-hydroxylation sites is 3. The Balaban J connectivity index is 1.53. The third kappa shape index (κ3) is 9.90. The lowest BCUT2D eigenvalue weighted by molar-refractivity contribution is -0.158. The Labute approximate surface area is 295 Å². The number of carbonyl (C=O) groups is 5. The first-order chi connectivity index (χ1) is 24.3. The zero-order valence-electron chi connectivity index (χ0n) is 28.7. The van der Waals surface area contributed by atoms with Crippen molar-refractivity contribution >= 4 is 52.5 Å². The van der Waals surface area contributed by atoms with E-state index in [9.17, 15) is 29.2 Å². The van der Waals surface area contributed by atoms with Gasteiger partial charge in [0.05, 0.1) is 13.5 Å². The van der Waals surface area contributed by atoms with Crippen molar-refractivity contribution in [3.8, 4) is 11.5 Å². The molecule has 0 bridgehead atoms. The van der Waals surface area contributed by atoms with E-state index in [2.05, 4.69) is 5.32 Å². The molecule has 0 aliphatic rings. The Morgan fingerprint density at radius 2 is 1.45 bits per heavy atom. The number of urea groups is 1. The number of carbonyl (C=O) groups excluding carboxylic acids is 4. The maximum absolute atomic E-state index is 13.8. The minimum Gasteiger partial charge on any atom is -0.491 e. The summed E-state index contributed by atoms with van der Waals surface area (Å²) >= 11 is 0. The highest BCUT2D eigenvalue weighted by Crippen LogP contribution is 2.31. The van der Waals surface area contributed by atoms with Gasteiger partial charge in [0, 0.05) is 43.3 Å². The minimum atomic E-state index is -1.15. The fourth-order valence-corrected chi connectivity index (χ4v) is 5.01. The Morgan fingerprint density at radius 1 is 0.784 bits per heavy atom. The second-order valence-electron chi connectivity index (χ2n) is 11.6. The summed E-state index contributed by atoms with van der Waals surface area (Å²) in [6, 6.07) is 27.3. The van der Waals surface area contributed by atoms with E-state index in [1.807, 2.05) is 6.07 Å². The first-order valence-corrected chi connectivity index (χ1v) is 15.7. The van der Waals surface area contributed by atoms with Crippen LogP contribution >= 0.6 is 0 Å². The monoisotopic (exact) mass is 698 g/mol. The van der Waals surface area contributed by atoms with Gasteiger partial charge < -0.3 is 34.6 Å². The van der Waals surface area contributed by atoms with Crippen LogP contribution in [0.1, 0.15) is 5.56 Å². The summed E-state index contributed by atoms with van der Waals surface area (Å²) in [5.41, 5.74) is 1.89. The first kappa shape index (κ1) is 37.6. The standard InChI is InChI=1S/C37H39N5O9/c1-39(37(48)38-27-13-10-12-26(20-27)21-36(46)47)23-34(44)41(24-33(43)40(2)28-14-6-5-7-15-28)29-16-11-17-30(22-29)51-25-35(45)42(3,49)31-18-8-9-19-32(31)50-4/h5-20,22,49H,21,23-25H2,1-4H3,(H-,38,46,47,48)/p+1. The van der Waals surface area contributed by atoms with Crippen molar-refractivity contribution < 1.29 is 43.8 Å². The number of rotatable bonds is 14. The molecule has 0 radical (unpaired) electrons. The maximum Gasteiger partial charge on any atom is 0.388 e. The van der Waals surface area contributed by atoms with Crippen molar-refractivity contribution in [3.05, 3.63) is 109 Å². The number of amides is 5. The normalized spacial score (nSPS) is 11.8. The lowest BCUT2D eigenvalue weighted by Gasteiger charge is -2.28. The molecule has 51 heavy (non-hydrogen) atoms. The van der Waals surface area contributed by atoms with Crippen LogP contribution in [0.2, 0.25) is 0 Å². The number of carboxylic acids is 1. The molecular formula is C37H40N5O9+. The average molecular weight is 699 g/mol. The fourth-order valence-electron chi connectivity index (χ4n) is 5.01. The van der Waals surface area contributed by atoms with Crippen LogP contribution in [0.3, 0.4) is 0 Å². The zero-order chi connectivity index (χ0) is 37.1. The number of quaternary nitrogens is 1. The molecule has 0 heterocycles. The predicted octanol–water partition coefficient (Wildman–Crippen LogP) is 4.41. The van der Waals surface area contributed by atoms with E-state index in [0.717, 1.165) is 4.90 Å². The highest BCUT2D eigenvalue weighted by atomic mass is 16.6. The van der Waals surface area contributed by atoms with Gasteiger partial charge in [0.2, 0.25) is 24.1 Å². The van der Waals surface area contributed by atoms with E-state index in [1.54, 1.807) is 92.0 Å². The largest absolute Gasteiger partial charge is 0.491 e. The molecular weight excluding hydrogens is 658 g/mol. The SMILES string of the molecule is COc1ccccc1[N+](C)(O)C(=O)COc1cccc(N(CC(=O)N(C)c2ccccc2)C(=O)CN(C)C(=O)Nc2cccc(CC(=O)O)c2)c1. The number of nitrogens with zero attached hydrogens (tertiary/aromatic N) is 4. The van der Waals surface area contributed by atoms with Crippen molar-refractivity contribution in [1.29, 1.82) is 0 Å². The van der Waals surface area contributed by atoms with Crippen LogP contribution in [0.25, 0.3) is 0 Å². The van der Waals surface area contributed by atoms with Gasteiger partial charge in [0.25, 0.3) is 0 Å². The molecule has 0 aromatic heterocycles. The molecule has 14 nitrogen and oxygen atoms in total. The molecule has 4 aromatic rings. The number of hydrogen-bond acceptors (Lipinski definition) is 8. The Bertz CT molecular complexity index is 1880. The van der Waals surface area contributed by atoms with Gasteiger partial charge in [-0.3, -0.25) is 14.4 Å². The molecule has 4 rings (SSSR count). The highest BCUT2D eigenvalue weighted by Gasteiger charge is 2.37. The average Bonchev–Trinajstić information content (AvgIpc) is 3.12. The summed E-state index contributed by atoms with van der Waals surface area (Å²) in [6.45, 7) is -1.39. The lowest BCUT2D eigenvalue weighted by Crippen LogP contribution is -2.50. The van der Waals surface area contributed by atoms with Crippen molar-refractivity contribution in [3.63, 3.8) is 0 Å². The van der Waals surface area contributed by atoms with Crippen LogP contribution in [-0.4, -0.2) is 92.9 Å². The fraction of sp³-hybridized carbons (Fsp3) is 0.216. The molecule has 0 fully saturated rings. The van der Waals surface area contributed by atoms with Gasteiger partial charge in [-0.2, -0.15) is 0 Å². The number of anilines is 3. The summed E-state index contributed by atoms with van der Waals surface area (Å²) in [5.74, 6) is -2.28. The summed E-state index contributed by atoms with van der Waals surface area (Å²) in [7, 11) is 5.69. The number of carboxylic acid groups (broad SMARTS) is 1. The number of methoxy groups -OCH3 is 1. The van der Waals surface area contributed by atoms with E-state index in [4.69, 9.17) is 14.6 Å². The molecule has 1 unspecified atom stereocenters. The summed E-state index contributed by atoms with van der Waals surface area (Å²) in [6.07, 6.45) is -0.227. The highest BCUT2D eigenvalue weighted by molar-refractivity contribution is 6.05. The number of hydrogen-bond donors (Lipinski definition) is 3. The molecule has 1 atom stereocenters. The summed E-state index contributed by atoms with van der Waals surface area (Å²) < 4.78 is 9.89. The van der Waals surface area contributed by atoms with E-state index < -0.39 is 54.1 Å². The molecule has 5 amide bonds. The van der Waals surface area contributed by atoms with Crippen molar-refractivity contribution in [2.45, 2.75) is 6.42 Å². The summed E-state index contributed by atoms with van der Waals surface area (Å²) in [4.78, 5) is 68.3. The molecule has 0 spiro atoms. The van der Waals surface area contributed by atoms with Crippen LogP contribution in [0, 0.1) is 0 Å². The Morgan fingerprint density at radius 3 is 2.16 bits per heavy atom. The van der Waals surface area contributed by atoms with Crippen molar-refractivity contribution in [2.24, 2.45) is 0 Å². The molecule has 0 aliphatic carbocycles. The van der Waals surface area contributed by atoms with Crippen LogP contribution in [0.4, 0.5) is 27.5 Å². The van der Waals surface area contributed by atoms with E-state index >= 15 is 0 Å². The van der Waals surface area contributed by atoms with Gasteiger partial charge in [-0.05, 0) is 48.0 Å². The number of hydroxylamine groups is 2. The molecule has 0 aliphatic heterocycles. The number of benzene rings is 4. The van der Waals surface area contributed by atoms with Crippen molar-refractivity contribution in [2.75, 3.05) is 63.1 Å². The topological polar surface area (TPSA) is 166 Å². The third-order valence-electron chi connectivity index (χ3n) is 7.90. The number of nitrogens with one attached hydrogen (secondary N) is 1. The van der Waals surface area contributed by atoms with Gasteiger partial charge in [0.15, 0.2) is 5.75 Å². The maximum atomic E-state index is 13.8. The van der Waals surface area contributed by atoms with Gasteiger partial charge in [-0.1, -0.05) is 53.2 Å². The minimum absolute atomic E-state index is 0.176. The van der Waals surface area contributed by atoms with E-state index in [0.29, 0.717) is 22.7 Å². The van der Waals surface area contributed by atoms with Crippen LogP contribution in [-0.2, 0) is 25.6 Å². The lowest BCUT2D eigenvalue weighted by atomic mass is 10.1. The van der Waals surface area contributed by atoms with E-state index in [-0.39, 0.29) is 23.5 Å². The van der Waals surface area contributed by atoms with Gasteiger partial charge in [0.1, 0.15) is 25.9 Å². The predicted molar refractivity (Wildman–Crippen MR) is 191 cm³/mol. The quantitative estimate of drug-likeness (QED) is 0.0982. The molecule has 0 saturated heterocycles. The van der Waals surface area contributed by atoms with Crippen LogP contribution in [0.15, 0.2) is 103 Å². The first-order valence-electron chi connectivity index (χ1n) is 15.7. The smallest absolute Gasteiger partial charge is 0.388 e. The number of likely N-dealkylation sites (N-methyl/N-ethyl adjacent to an activating group) is 3. The summed E-state index contributed by atoms with van der Waals surface area (Å²) in [5, 5.41) is 22.8. The van der Waals surface area contributed by atoms with Gasteiger partial charge >= 0.3 is 17.9 Å². The van der Waals surface area contributed by atoms with E-state index in [1.165, 1.54) is 43.1 Å². The zero-order valence-corrected chi connectivity index (χ0v) is 28.7. The second-order valence-corrected chi connectivity index (χ2v) is 11.6. The third-order valence-corrected chi connectivity index (χ3v) is 7.90. The Kier molecular flexibility index (Phi) is 12.5. The molecule has 4 aromatic carbocycles. The molecule has 3 N–H and O–H groups in total. The molecule has 0 saturated carbocycles. The van der Waals surface area contributed by atoms with Crippen LogP contribution < -0.4 is 29.2 Å². The van der Waals surface area contributed by atoms with Crippen molar-refractivity contribution in [1.82, 2.24) is 9.55 Å². The van der Waals surface area contributed by atoms with Gasteiger partial charge in [-0.15, -0.1) is 0 Å².